The van der Waals surface area contributed by atoms with Crippen LogP contribution in [-0.4, -0.2) is 29.9 Å². The molecule has 3 aromatic rings. The highest BCUT2D eigenvalue weighted by Gasteiger charge is 2.09. The van der Waals surface area contributed by atoms with Crippen molar-refractivity contribution >= 4 is 29.0 Å². The van der Waals surface area contributed by atoms with E-state index in [1.54, 1.807) is 36.4 Å². The molecule has 144 valence electrons. The molecule has 0 unspecified atom stereocenters. The maximum absolute atomic E-state index is 12.3. The number of rotatable bonds is 6. The fourth-order valence-corrected chi connectivity index (χ4v) is 2.66. The van der Waals surface area contributed by atoms with Crippen LogP contribution >= 0.6 is 11.6 Å². The smallest absolute Gasteiger partial charge is 0.323 e. The molecular weight excluding hydrogens is 380 g/mol. The molecule has 1 heterocycles. The Morgan fingerprint density at radius 1 is 1.04 bits per heavy atom. The van der Waals surface area contributed by atoms with Gasteiger partial charge < -0.3 is 20.1 Å². The summed E-state index contributed by atoms with van der Waals surface area (Å²) >= 11 is 5.97. The summed E-state index contributed by atoms with van der Waals surface area (Å²) in [5, 5.41) is 14.1. The summed E-state index contributed by atoms with van der Waals surface area (Å²) in [5.74, 6) is 1.00. The van der Waals surface area contributed by atoms with E-state index in [0.29, 0.717) is 40.3 Å². The molecule has 2 aromatic carbocycles. The summed E-state index contributed by atoms with van der Waals surface area (Å²) in [4.78, 5) is 12.3. The van der Waals surface area contributed by atoms with Crippen molar-refractivity contribution in [1.82, 2.24) is 10.2 Å². The van der Waals surface area contributed by atoms with E-state index in [1.165, 1.54) is 7.11 Å². The van der Waals surface area contributed by atoms with Crippen molar-refractivity contribution in [2.75, 3.05) is 24.4 Å². The van der Waals surface area contributed by atoms with E-state index in [0.717, 1.165) is 5.56 Å². The number of methoxy groups -OCH3 is 1. The van der Waals surface area contributed by atoms with Crippen LogP contribution in [0.5, 0.6) is 11.6 Å². The Kier molecular flexibility index (Phi) is 6.29. The Morgan fingerprint density at radius 2 is 1.82 bits per heavy atom. The van der Waals surface area contributed by atoms with Crippen molar-refractivity contribution in [3.63, 3.8) is 0 Å². The Labute approximate surface area is 167 Å². The molecule has 0 aliphatic carbocycles. The van der Waals surface area contributed by atoms with E-state index in [9.17, 15) is 4.79 Å². The number of hydrogen-bond donors (Lipinski definition) is 2. The SMILES string of the molecule is CCOc1ccc(-c2ccc(NC(=O)Nc3cc(Cl)ccc3OC)cc2)nn1. The number of aromatic nitrogens is 2. The molecule has 2 N–H and O–H groups in total. The molecule has 0 bridgehead atoms. The van der Waals surface area contributed by atoms with Gasteiger partial charge in [-0.3, -0.25) is 0 Å². The molecule has 0 aliphatic rings. The van der Waals surface area contributed by atoms with Crippen LogP contribution in [-0.2, 0) is 0 Å². The molecule has 0 aliphatic heterocycles. The highest BCUT2D eigenvalue weighted by Crippen LogP contribution is 2.28. The number of hydrogen-bond acceptors (Lipinski definition) is 5. The van der Waals surface area contributed by atoms with Crippen LogP contribution < -0.4 is 20.1 Å². The molecule has 0 saturated carbocycles. The molecule has 0 radical (unpaired) electrons. The number of carbonyl (C=O) groups is 1. The molecule has 0 fully saturated rings. The summed E-state index contributed by atoms with van der Waals surface area (Å²) in [6.07, 6.45) is 0. The summed E-state index contributed by atoms with van der Waals surface area (Å²) in [5.41, 5.74) is 2.69. The molecule has 1 aromatic heterocycles. The lowest BCUT2D eigenvalue weighted by atomic mass is 10.1. The second kappa shape index (κ2) is 9.05. The third kappa shape index (κ3) is 4.89. The first-order valence-electron chi connectivity index (χ1n) is 8.57. The Balaban J connectivity index is 1.65. The van der Waals surface area contributed by atoms with Gasteiger partial charge in [0.15, 0.2) is 0 Å². The van der Waals surface area contributed by atoms with Crippen molar-refractivity contribution in [2.24, 2.45) is 0 Å². The lowest BCUT2D eigenvalue weighted by Crippen LogP contribution is -2.19. The van der Waals surface area contributed by atoms with Gasteiger partial charge in [-0.2, -0.15) is 0 Å². The van der Waals surface area contributed by atoms with Crippen molar-refractivity contribution in [1.29, 1.82) is 0 Å². The predicted molar refractivity (Wildman–Crippen MR) is 109 cm³/mol. The summed E-state index contributed by atoms with van der Waals surface area (Å²) in [6.45, 7) is 2.43. The Morgan fingerprint density at radius 3 is 2.46 bits per heavy atom. The molecule has 2 amide bonds. The molecule has 0 spiro atoms. The lowest BCUT2D eigenvalue weighted by molar-refractivity contribution is 0.262. The number of nitrogens with zero attached hydrogens (tertiary/aromatic N) is 2. The number of urea groups is 1. The van der Waals surface area contributed by atoms with Gasteiger partial charge in [-0.25, -0.2) is 4.79 Å². The minimum absolute atomic E-state index is 0.408. The second-order valence-electron chi connectivity index (χ2n) is 5.69. The number of halogens is 1. The molecule has 7 nitrogen and oxygen atoms in total. The van der Waals surface area contributed by atoms with Crippen LogP contribution in [0.3, 0.4) is 0 Å². The lowest BCUT2D eigenvalue weighted by Gasteiger charge is -2.12. The average Bonchev–Trinajstić information content (AvgIpc) is 2.70. The van der Waals surface area contributed by atoms with Gasteiger partial charge in [-0.05, 0) is 43.3 Å². The minimum Gasteiger partial charge on any atom is -0.495 e. The Hall–Kier alpha value is -3.32. The van der Waals surface area contributed by atoms with Gasteiger partial charge in [0.2, 0.25) is 5.88 Å². The van der Waals surface area contributed by atoms with Crippen LogP contribution in [0, 0.1) is 0 Å². The number of benzene rings is 2. The third-order valence-electron chi connectivity index (χ3n) is 3.78. The Bertz CT molecular complexity index is 947. The highest BCUT2D eigenvalue weighted by atomic mass is 35.5. The zero-order valence-electron chi connectivity index (χ0n) is 15.4. The topological polar surface area (TPSA) is 85.4 Å². The number of anilines is 2. The minimum atomic E-state index is -0.408. The molecule has 0 atom stereocenters. The molecule has 28 heavy (non-hydrogen) atoms. The van der Waals surface area contributed by atoms with E-state index >= 15 is 0 Å². The van der Waals surface area contributed by atoms with Crippen molar-refractivity contribution < 1.29 is 14.3 Å². The van der Waals surface area contributed by atoms with Gasteiger partial charge in [0.05, 0.1) is 25.1 Å². The normalized spacial score (nSPS) is 10.2. The molecule has 8 heteroatoms. The molecule has 0 saturated heterocycles. The molecule has 3 rings (SSSR count). The summed E-state index contributed by atoms with van der Waals surface area (Å²) in [7, 11) is 1.52. The van der Waals surface area contributed by atoms with Crippen LogP contribution in [0.4, 0.5) is 16.2 Å². The quantitative estimate of drug-likeness (QED) is 0.620. The predicted octanol–water partition coefficient (Wildman–Crippen LogP) is 4.85. The van der Waals surface area contributed by atoms with Gasteiger partial charge in [-0.1, -0.05) is 23.7 Å². The third-order valence-corrected chi connectivity index (χ3v) is 4.02. The number of nitrogens with one attached hydrogen (secondary N) is 2. The van der Waals surface area contributed by atoms with Gasteiger partial charge >= 0.3 is 6.03 Å². The fraction of sp³-hybridized carbons (Fsp3) is 0.150. The maximum Gasteiger partial charge on any atom is 0.323 e. The summed E-state index contributed by atoms with van der Waals surface area (Å²) < 4.78 is 10.5. The van der Waals surface area contributed by atoms with Gasteiger partial charge in [0, 0.05) is 22.3 Å². The van der Waals surface area contributed by atoms with Gasteiger partial charge in [-0.15, -0.1) is 10.2 Å². The van der Waals surface area contributed by atoms with E-state index in [4.69, 9.17) is 21.1 Å². The first kappa shape index (κ1) is 19.4. The maximum atomic E-state index is 12.3. The number of ether oxygens (including phenoxy) is 2. The fourth-order valence-electron chi connectivity index (χ4n) is 2.49. The van der Waals surface area contributed by atoms with E-state index < -0.39 is 6.03 Å². The second-order valence-corrected chi connectivity index (χ2v) is 6.13. The monoisotopic (exact) mass is 398 g/mol. The number of amides is 2. The standard InChI is InChI=1S/C20H19ClN4O3/c1-3-28-19-11-9-16(24-25-19)13-4-7-15(8-5-13)22-20(26)23-17-12-14(21)6-10-18(17)27-2/h4-12H,3H2,1-2H3,(H2,22,23,26). The summed E-state index contributed by atoms with van der Waals surface area (Å²) in [6, 6.07) is 15.4. The highest BCUT2D eigenvalue weighted by molar-refractivity contribution is 6.31. The van der Waals surface area contributed by atoms with Gasteiger partial charge in [0.25, 0.3) is 0 Å². The largest absolute Gasteiger partial charge is 0.495 e. The van der Waals surface area contributed by atoms with Crippen LogP contribution in [0.2, 0.25) is 5.02 Å². The van der Waals surface area contributed by atoms with Gasteiger partial charge in [0.1, 0.15) is 5.75 Å². The van der Waals surface area contributed by atoms with E-state index in [1.807, 2.05) is 25.1 Å². The van der Waals surface area contributed by atoms with Crippen LogP contribution in [0.1, 0.15) is 6.92 Å². The van der Waals surface area contributed by atoms with E-state index in [2.05, 4.69) is 20.8 Å². The number of carbonyl (C=O) groups excluding carboxylic acids is 1. The van der Waals surface area contributed by atoms with Crippen molar-refractivity contribution in [3.05, 3.63) is 59.6 Å². The average molecular weight is 399 g/mol. The van der Waals surface area contributed by atoms with E-state index in [-0.39, 0.29) is 0 Å². The van der Waals surface area contributed by atoms with Crippen molar-refractivity contribution in [2.45, 2.75) is 6.92 Å². The van der Waals surface area contributed by atoms with Crippen LogP contribution in [0.15, 0.2) is 54.6 Å². The first-order valence-corrected chi connectivity index (χ1v) is 8.95. The zero-order chi connectivity index (χ0) is 19.9. The van der Waals surface area contributed by atoms with Crippen LogP contribution in [0.25, 0.3) is 11.3 Å². The first-order chi connectivity index (χ1) is 13.6. The molecular formula is C20H19ClN4O3. The zero-order valence-corrected chi connectivity index (χ0v) is 16.2. The van der Waals surface area contributed by atoms with Crippen molar-refractivity contribution in [3.8, 4) is 22.9 Å².